The Bertz CT molecular complexity index is 3350. The average Bonchev–Trinajstić information content (AvgIpc) is 0.855. The highest BCUT2D eigenvalue weighted by Crippen LogP contribution is 2.35. The third-order valence-corrected chi connectivity index (χ3v) is 15.9. The van der Waals surface area contributed by atoms with Crippen LogP contribution in [0.2, 0.25) is 0 Å². The summed E-state index contributed by atoms with van der Waals surface area (Å²) in [6.45, 7) is -0.329. The zero-order valence-electron chi connectivity index (χ0n) is 59.7. The van der Waals surface area contributed by atoms with Gasteiger partial charge in [0.05, 0.1) is 24.4 Å². The molecule has 612 valence electrons. The highest BCUT2D eigenvalue weighted by Gasteiger charge is 2.32. The molecule has 0 aliphatic heterocycles. The topological polar surface area (TPSA) is 705 Å². The fourth-order valence-corrected chi connectivity index (χ4v) is 10.0. The Morgan fingerprint density at radius 1 is 0.409 bits per heavy atom. The van der Waals surface area contributed by atoms with E-state index in [9.17, 15) is 96.6 Å². The van der Waals surface area contributed by atoms with Crippen LogP contribution in [0.4, 0.5) is 9.59 Å². The molecule has 2 rings (SSSR count). The Hall–Kier alpha value is -11.2. The summed E-state index contributed by atoms with van der Waals surface area (Å²) in [5.74, 6) is -15.3. The van der Waals surface area contributed by atoms with Gasteiger partial charge in [0.2, 0.25) is 17.7 Å². The van der Waals surface area contributed by atoms with Gasteiger partial charge in [0.15, 0.2) is 11.6 Å². The van der Waals surface area contributed by atoms with Gasteiger partial charge in [0.1, 0.15) is 23.9 Å². The highest BCUT2D eigenvalue weighted by molar-refractivity contribution is 7.80. The number of aliphatic carboxylic acids is 8. The van der Waals surface area contributed by atoms with E-state index >= 15 is 0 Å². The first kappa shape index (κ1) is 105. The van der Waals surface area contributed by atoms with E-state index in [0.29, 0.717) is 25.7 Å². The predicted molar refractivity (Wildman–Crippen MR) is 376 cm³/mol. The first-order valence-corrected chi connectivity index (χ1v) is 36.0. The van der Waals surface area contributed by atoms with Crippen LogP contribution in [-0.4, -0.2) is 226 Å². The predicted octanol–water partition coefficient (Wildman–Crippen LogP) is 0.749. The Morgan fingerprint density at radius 2 is 0.809 bits per heavy atom. The van der Waals surface area contributed by atoms with Crippen LogP contribution in [0, 0.1) is 11.8 Å². The molecule has 0 bridgehead atoms. The fraction of sp³-hybridized carbons (Fsp3) is 0.537. The summed E-state index contributed by atoms with van der Waals surface area (Å²) in [4.78, 5) is 254. The number of carboxylic acids is 8. The van der Waals surface area contributed by atoms with E-state index in [1.54, 1.807) is 42.5 Å². The molecule has 0 aliphatic carbocycles. The van der Waals surface area contributed by atoms with Crippen molar-refractivity contribution in [3.8, 4) is 0 Å². The Balaban J connectivity index is -0.00000117. The van der Waals surface area contributed by atoms with E-state index in [1.807, 2.05) is 18.2 Å². The van der Waals surface area contributed by atoms with Crippen LogP contribution in [0.1, 0.15) is 152 Å². The van der Waals surface area contributed by atoms with E-state index in [2.05, 4.69) is 49.8 Å². The number of rotatable bonds is 52. The second-order valence-electron chi connectivity index (χ2n) is 23.5. The molecule has 43 heteroatoms. The number of hydrogen-bond acceptors (Lipinski definition) is 25. The molecule has 0 saturated carbocycles. The maximum absolute atomic E-state index is 14.1. The highest BCUT2D eigenvalue weighted by atomic mass is 32.1. The van der Waals surface area contributed by atoms with Crippen molar-refractivity contribution in [2.75, 3.05) is 31.5 Å². The molecule has 0 saturated heterocycles. The number of Topliss-reactive ketones (excluding diaryl/α,β-unsaturated/α-hetero) is 3. The van der Waals surface area contributed by atoms with Crippen LogP contribution in [0.25, 0.3) is 0 Å². The lowest BCUT2D eigenvalue weighted by Gasteiger charge is -2.23. The molecule has 110 heavy (non-hydrogen) atoms. The lowest BCUT2D eigenvalue weighted by Crippen LogP contribution is -2.53. The van der Waals surface area contributed by atoms with Crippen molar-refractivity contribution in [2.24, 2.45) is 17.6 Å². The quantitative estimate of drug-likeness (QED) is 0.0247. The second kappa shape index (κ2) is 64.9. The summed E-state index contributed by atoms with van der Waals surface area (Å²) in [6.07, 6.45) is 3.41. The van der Waals surface area contributed by atoms with Gasteiger partial charge in [-0.3, -0.25) is 62.1 Å². The number of amides is 7. The third kappa shape index (κ3) is 62.9. The largest absolute Gasteiger partial charge is 0.481 e. The van der Waals surface area contributed by atoms with Crippen LogP contribution in [0.3, 0.4) is 0 Å². The normalized spacial score (nSPS) is 12.0. The van der Waals surface area contributed by atoms with Crippen molar-refractivity contribution < 1.29 is 161 Å². The fourth-order valence-electron chi connectivity index (χ4n) is 9.09. The van der Waals surface area contributed by atoms with Crippen molar-refractivity contribution >= 4 is 134 Å². The number of carbonyl (C=O) groups is 16. The molecular weight excluding hydrogens is 1510 g/mol. The lowest BCUT2D eigenvalue weighted by molar-refractivity contribution is -0.193. The second-order valence-corrected chi connectivity index (χ2v) is 25.6. The van der Waals surface area contributed by atoms with Gasteiger partial charge < -0.3 is 93.6 Å². The molecule has 0 aliphatic rings. The van der Waals surface area contributed by atoms with Gasteiger partial charge >= 0.3 is 85.9 Å². The van der Waals surface area contributed by atoms with Gasteiger partial charge in [-0.25, -0.2) is 19.2 Å². The average molecular weight is 1600 g/mol. The zero-order valence-corrected chi connectivity index (χ0v) is 61.4. The number of ketones is 3. The lowest BCUT2D eigenvalue weighted by atomic mass is 9.89. The number of carbonyl (C=O) groups excluding carboxylic acids is 14. The molecular formula is C67H95N8O33PS. The third-order valence-electron chi connectivity index (χ3n) is 14.6. The monoisotopic (exact) mass is 1600 g/mol. The molecule has 0 fully saturated rings. The van der Waals surface area contributed by atoms with Crippen LogP contribution >= 0.6 is 20.2 Å². The first-order chi connectivity index (χ1) is 51.8. The molecule has 0 spiro atoms. The number of urea groups is 2. The van der Waals surface area contributed by atoms with Crippen LogP contribution in [-0.2, 0) is 113 Å². The smallest absolute Gasteiger partial charge is 0.373 e. The van der Waals surface area contributed by atoms with Gasteiger partial charge in [-0.05, 0) is 75.3 Å². The SMILES string of the molecule is N[C@@H](CNC(=O)[C@@H](CC(=O)[C@H](Cc1ccccc1)NC(=O)CCCCCCCCC(=O)CC[C@H](NC(=O)NCCCC(=O)O)C(=O)O)Cc1ccccc1)C(=O)N[C@@H](CC(=O)O)C(=O)C[C@@H](CS)C(=O)O.O=C(O)CCCCP(=O)(O)O.O=C(O)CCCNC(=O)N[C@@H](CCC(=O)O)C(=O)O.O=C=O.O=C=O.O=C=O. The minimum Gasteiger partial charge on any atom is -0.481 e. The number of unbranched alkanes of at least 4 members (excludes halogenated alkanes) is 6. The number of nitrogens with one attached hydrogen (secondary N) is 7. The van der Waals surface area contributed by atoms with Gasteiger partial charge in [-0.1, -0.05) is 86.3 Å². The Kier molecular flexibility index (Phi) is 62.0. The minimum absolute atomic E-state index is 0.0278. The molecule has 0 radical (unpaired) electrons. The van der Waals surface area contributed by atoms with E-state index in [0.717, 1.165) is 30.4 Å². The van der Waals surface area contributed by atoms with Gasteiger partial charge in [-0.15, -0.1) is 0 Å². The van der Waals surface area contributed by atoms with Crippen LogP contribution < -0.4 is 43.0 Å². The summed E-state index contributed by atoms with van der Waals surface area (Å²) < 4.78 is 10.2. The molecule has 0 aromatic heterocycles. The van der Waals surface area contributed by atoms with E-state index < -0.39 is 152 Å². The summed E-state index contributed by atoms with van der Waals surface area (Å²) in [5.41, 5.74) is 7.54. The van der Waals surface area contributed by atoms with Crippen molar-refractivity contribution in [1.82, 2.24) is 37.2 Å². The van der Waals surface area contributed by atoms with Crippen molar-refractivity contribution in [3.05, 3.63) is 71.8 Å². The minimum atomic E-state index is -3.92. The molecule has 7 atom stereocenters. The zero-order chi connectivity index (χ0) is 84.6. The van der Waals surface area contributed by atoms with Gasteiger partial charge in [-0.2, -0.15) is 41.4 Å². The van der Waals surface area contributed by atoms with Crippen molar-refractivity contribution in [2.45, 2.75) is 184 Å². The van der Waals surface area contributed by atoms with Gasteiger partial charge in [0, 0.05) is 95.3 Å². The standard InChI is InChI=1S/C49H68N6O15S.C10H16N2O7.C5H11O5P.3CO2/c50-36(46(65)54-39(28-44(62)63)41(58)27-34(30-71)47(66)67)29-52-45(64)33(24-31-14-7-5-8-15-31)26-40(57)38(25-32-16-9-6-10-17-32)53-42(59)19-12-4-2-1-3-11-18-35(56)21-22-37(48(68)69)55-49(70)51-23-13-20-43(60)61;13-7(14)2-1-5-11-10(19)12-6(9(17)18)3-4-8(15)16;6-5(7)3-1-2-4-11(8,9)10;3*2-1-3/h5-10,14-17,33-34,36-39,71H,1-4,11-13,18-30,50H2,(H,52,64)(H,53,59)(H,54,65)(H,60,61)(H,62,63)(H,66,67)(H,68,69)(H2,51,55,70);6H,1-5H2,(H,13,14)(H,15,16)(H,17,18)(H2,11,12,19);1-4H2,(H,6,7)(H2,8,9,10);;;/t33-,34+,36+,37+,38+,39+;6-;;;;/m10..../s1. The van der Waals surface area contributed by atoms with Crippen LogP contribution in [0.15, 0.2) is 60.7 Å². The number of nitrogens with two attached hydrogens (primary N) is 1. The van der Waals surface area contributed by atoms with Crippen molar-refractivity contribution in [1.29, 1.82) is 0 Å². The Morgan fingerprint density at radius 3 is 1.23 bits per heavy atom. The number of hydrogen-bond donors (Lipinski definition) is 19. The molecule has 2 aromatic rings. The molecule has 2 aromatic carbocycles. The van der Waals surface area contributed by atoms with Crippen molar-refractivity contribution in [3.63, 3.8) is 0 Å². The molecule has 7 amide bonds. The summed E-state index contributed by atoms with van der Waals surface area (Å²) in [6, 6.07) is 9.68. The molecule has 41 nitrogen and oxygen atoms in total. The molecule has 0 unspecified atom stereocenters. The van der Waals surface area contributed by atoms with E-state index in [4.69, 9.17) is 69.8 Å². The number of benzene rings is 2. The Labute approximate surface area is 634 Å². The first-order valence-electron chi connectivity index (χ1n) is 33.6. The maximum Gasteiger partial charge on any atom is 0.373 e. The number of thiol groups is 1. The maximum atomic E-state index is 14.1. The van der Waals surface area contributed by atoms with E-state index in [1.165, 1.54) is 0 Å². The molecule has 19 N–H and O–H groups in total. The number of carboxylic acid groups (broad SMARTS) is 8. The van der Waals surface area contributed by atoms with Gasteiger partial charge in [0.25, 0.3) is 0 Å². The molecule has 0 heterocycles. The van der Waals surface area contributed by atoms with E-state index in [-0.39, 0.29) is 151 Å². The summed E-state index contributed by atoms with van der Waals surface area (Å²) >= 11 is 3.92. The summed E-state index contributed by atoms with van der Waals surface area (Å²) in [5, 5.41) is 87.2. The van der Waals surface area contributed by atoms with Crippen LogP contribution in [0.5, 0.6) is 0 Å². The summed E-state index contributed by atoms with van der Waals surface area (Å²) in [7, 11) is -3.92.